The maximum absolute atomic E-state index is 10.5. The molecule has 1 aromatic carbocycles. The lowest BCUT2D eigenvalue weighted by Crippen LogP contribution is -2.07. The Hall–Kier alpha value is -2.44. The summed E-state index contributed by atoms with van der Waals surface area (Å²) < 4.78 is 1.42. The number of rotatable bonds is 4. The van der Waals surface area contributed by atoms with Crippen LogP contribution >= 0.6 is 0 Å². The van der Waals surface area contributed by atoms with Crippen LogP contribution < -0.4 is 0 Å². The molecule has 0 bridgehead atoms. The van der Waals surface area contributed by atoms with Crippen LogP contribution in [0.25, 0.3) is 11.4 Å². The number of benzene rings is 1. The summed E-state index contributed by atoms with van der Waals surface area (Å²) in [6.07, 6.45) is -0.0455. The molecule has 0 aliphatic rings. The van der Waals surface area contributed by atoms with Crippen LogP contribution in [0.3, 0.4) is 0 Å². The van der Waals surface area contributed by atoms with E-state index in [1.54, 1.807) is 12.1 Å². The van der Waals surface area contributed by atoms with E-state index in [0.29, 0.717) is 5.82 Å². The zero-order valence-corrected chi connectivity index (χ0v) is 8.82. The van der Waals surface area contributed by atoms with Gasteiger partial charge in [0.2, 0.25) is 0 Å². The highest BCUT2D eigenvalue weighted by Gasteiger charge is 2.09. The van der Waals surface area contributed by atoms with Gasteiger partial charge in [0.25, 0.3) is 0 Å². The Kier molecular flexibility index (Phi) is 2.99. The molecule has 0 aliphatic carbocycles. The predicted molar refractivity (Wildman–Crippen MR) is 57.2 cm³/mol. The highest BCUT2D eigenvalue weighted by Crippen LogP contribution is 2.18. The Morgan fingerprint density at radius 2 is 2.00 bits per heavy atom. The number of aromatic hydroxyl groups is 1. The van der Waals surface area contributed by atoms with Crippen molar-refractivity contribution in [1.29, 1.82) is 0 Å². The van der Waals surface area contributed by atoms with Gasteiger partial charge in [0, 0.05) is 5.56 Å². The first-order valence-electron chi connectivity index (χ1n) is 4.94. The quantitative estimate of drug-likeness (QED) is 0.799. The van der Waals surface area contributed by atoms with Crippen molar-refractivity contribution in [2.75, 3.05) is 0 Å². The summed E-state index contributed by atoms with van der Waals surface area (Å²) in [4.78, 5) is 10.5. The molecular weight excluding hydrogens is 224 g/mol. The molecule has 2 rings (SSSR count). The average Bonchev–Trinajstić information content (AvgIpc) is 2.75. The van der Waals surface area contributed by atoms with Gasteiger partial charge in [-0.2, -0.15) is 0 Å². The third-order valence-electron chi connectivity index (χ3n) is 2.19. The molecule has 0 saturated carbocycles. The van der Waals surface area contributed by atoms with Crippen LogP contribution in [0.1, 0.15) is 6.42 Å². The van der Waals surface area contributed by atoms with Gasteiger partial charge in [0.05, 0.1) is 13.0 Å². The van der Waals surface area contributed by atoms with Crippen molar-refractivity contribution in [3.63, 3.8) is 0 Å². The molecule has 0 amide bonds. The lowest BCUT2D eigenvalue weighted by Gasteiger charge is -2.02. The minimum absolute atomic E-state index is 0.0455. The van der Waals surface area contributed by atoms with E-state index in [4.69, 9.17) is 10.2 Å². The summed E-state index contributed by atoms with van der Waals surface area (Å²) in [5, 5.41) is 28.8. The molecule has 2 aromatic rings. The molecular formula is C10H10N4O3. The fourth-order valence-corrected chi connectivity index (χ4v) is 1.37. The van der Waals surface area contributed by atoms with Crippen molar-refractivity contribution < 1.29 is 15.0 Å². The van der Waals surface area contributed by atoms with Crippen molar-refractivity contribution in [1.82, 2.24) is 20.2 Å². The molecule has 7 nitrogen and oxygen atoms in total. The predicted octanol–water partition coefficient (Wildman–Crippen LogP) is 0.520. The maximum atomic E-state index is 10.5. The van der Waals surface area contributed by atoms with Crippen LogP contribution in [-0.2, 0) is 11.3 Å². The molecule has 0 atom stereocenters. The number of tetrazole rings is 1. The second kappa shape index (κ2) is 4.60. The molecule has 1 aromatic heterocycles. The Morgan fingerprint density at radius 3 is 2.65 bits per heavy atom. The molecule has 0 unspecified atom stereocenters. The number of carbonyl (C=O) groups is 1. The van der Waals surface area contributed by atoms with E-state index >= 15 is 0 Å². The van der Waals surface area contributed by atoms with Crippen molar-refractivity contribution in [2.24, 2.45) is 0 Å². The Balaban J connectivity index is 2.24. The van der Waals surface area contributed by atoms with Gasteiger partial charge in [-0.3, -0.25) is 4.79 Å². The first kappa shape index (κ1) is 11.1. The second-order valence-corrected chi connectivity index (χ2v) is 3.42. The van der Waals surface area contributed by atoms with Gasteiger partial charge < -0.3 is 10.2 Å². The monoisotopic (exact) mass is 234 g/mol. The van der Waals surface area contributed by atoms with Crippen molar-refractivity contribution >= 4 is 5.97 Å². The van der Waals surface area contributed by atoms with Gasteiger partial charge in [-0.25, -0.2) is 4.68 Å². The van der Waals surface area contributed by atoms with Gasteiger partial charge in [-0.15, -0.1) is 5.10 Å². The summed E-state index contributed by atoms with van der Waals surface area (Å²) in [6, 6.07) is 6.37. The number of phenols is 1. The lowest BCUT2D eigenvalue weighted by atomic mass is 10.2. The van der Waals surface area contributed by atoms with Crippen LogP contribution in [-0.4, -0.2) is 36.4 Å². The maximum Gasteiger partial charge on any atom is 0.305 e. The summed E-state index contributed by atoms with van der Waals surface area (Å²) in [7, 11) is 0. The largest absolute Gasteiger partial charge is 0.508 e. The van der Waals surface area contributed by atoms with Gasteiger partial charge in [0.1, 0.15) is 5.75 Å². The van der Waals surface area contributed by atoms with Crippen molar-refractivity contribution in [3.05, 3.63) is 24.3 Å². The standard InChI is InChI=1S/C10H10N4O3/c15-8-3-1-7(2-4-8)10-11-12-13-14(10)6-5-9(16)17/h1-4,15H,5-6H2,(H,16,17). The molecule has 0 radical (unpaired) electrons. The number of nitrogens with zero attached hydrogens (tertiary/aromatic N) is 4. The van der Waals surface area contributed by atoms with E-state index < -0.39 is 5.97 Å². The zero-order chi connectivity index (χ0) is 12.3. The number of hydrogen-bond acceptors (Lipinski definition) is 5. The average molecular weight is 234 g/mol. The Labute approximate surface area is 96.3 Å². The van der Waals surface area contributed by atoms with Gasteiger partial charge in [-0.05, 0) is 34.7 Å². The van der Waals surface area contributed by atoms with Crippen LogP contribution in [0.15, 0.2) is 24.3 Å². The number of aryl methyl sites for hydroxylation is 1. The molecule has 17 heavy (non-hydrogen) atoms. The molecule has 0 fully saturated rings. The Morgan fingerprint density at radius 1 is 1.29 bits per heavy atom. The smallest absolute Gasteiger partial charge is 0.305 e. The number of carboxylic acid groups (broad SMARTS) is 1. The number of aliphatic carboxylic acids is 1. The SMILES string of the molecule is O=C(O)CCn1nnnc1-c1ccc(O)cc1. The van der Waals surface area contributed by atoms with Gasteiger partial charge in [-0.1, -0.05) is 0 Å². The fourth-order valence-electron chi connectivity index (χ4n) is 1.37. The molecule has 0 aliphatic heterocycles. The summed E-state index contributed by atoms with van der Waals surface area (Å²) in [5.41, 5.74) is 0.721. The van der Waals surface area contributed by atoms with E-state index in [-0.39, 0.29) is 18.7 Å². The first-order chi connectivity index (χ1) is 8.16. The highest BCUT2D eigenvalue weighted by atomic mass is 16.4. The van der Waals surface area contributed by atoms with Gasteiger partial charge in [0.15, 0.2) is 5.82 Å². The third kappa shape index (κ3) is 2.57. The number of aromatic nitrogens is 4. The molecule has 7 heteroatoms. The summed E-state index contributed by atoms with van der Waals surface area (Å²) in [5.74, 6) is -0.276. The highest BCUT2D eigenvalue weighted by molar-refractivity contribution is 5.66. The fraction of sp³-hybridized carbons (Fsp3) is 0.200. The first-order valence-corrected chi connectivity index (χ1v) is 4.94. The lowest BCUT2D eigenvalue weighted by molar-refractivity contribution is -0.137. The van der Waals surface area contributed by atoms with E-state index in [2.05, 4.69) is 15.5 Å². The minimum atomic E-state index is -0.905. The molecule has 0 saturated heterocycles. The topological polar surface area (TPSA) is 101 Å². The molecule has 88 valence electrons. The van der Waals surface area contributed by atoms with Crippen molar-refractivity contribution in [3.8, 4) is 17.1 Å². The normalized spacial score (nSPS) is 10.4. The van der Waals surface area contributed by atoms with E-state index in [1.165, 1.54) is 16.8 Å². The van der Waals surface area contributed by atoms with Crippen molar-refractivity contribution in [2.45, 2.75) is 13.0 Å². The summed E-state index contributed by atoms with van der Waals surface area (Å²) >= 11 is 0. The van der Waals surface area contributed by atoms with Crippen LogP contribution in [0.4, 0.5) is 0 Å². The Bertz CT molecular complexity index is 521. The van der Waals surface area contributed by atoms with Crippen LogP contribution in [0.2, 0.25) is 0 Å². The minimum Gasteiger partial charge on any atom is -0.508 e. The van der Waals surface area contributed by atoms with Crippen LogP contribution in [0, 0.1) is 0 Å². The molecule has 2 N–H and O–H groups in total. The number of hydrogen-bond donors (Lipinski definition) is 2. The van der Waals surface area contributed by atoms with E-state index in [0.717, 1.165) is 5.56 Å². The van der Waals surface area contributed by atoms with Gasteiger partial charge >= 0.3 is 5.97 Å². The van der Waals surface area contributed by atoms with Crippen LogP contribution in [0.5, 0.6) is 5.75 Å². The summed E-state index contributed by atoms with van der Waals surface area (Å²) in [6.45, 7) is 0.207. The zero-order valence-electron chi connectivity index (χ0n) is 8.82. The second-order valence-electron chi connectivity index (χ2n) is 3.42. The molecule has 1 heterocycles. The van der Waals surface area contributed by atoms with E-state index in [9.17, 15) is 4.79 Å². The third-order valence-corrected chi connectivity index (χ3v) is 2.19. The number of phenolic OH excluding ortho intramolecular Hbond substituents is 1. The van der Waals surface area contributed by atoms with E-state index in [1.807, 2.05) is 0 Å². The molecule has 0 spiro atoms. The number of carboxylic acids is 1.